The van der Waals surface area contributed by atoms with Crippen LogP contribution in [0.5, 0.6) is 0 Å². The lowest BCUT2D eigenvalue weighted by atomic mass is 9.80. The van der Waals surface area contributed by atoms with Crippen molar-refractivity contribution in [2.45, 2.75) is 44.8 Å². The molecule has 0 radical (unpaired) electrons. The number of carbonyl (C=O) groups excluding carboxylic acids is 1. The Balaban J connectivity index is 1.02. The molecule has 41 heavy (non-hydrogen) atoms. The zero-order valence-electron chi connectivity index (χ0n) is 23.4. The van der Waals surface area contributed by atoms with Gasteiger partial charge in [0.15, 0.2) is 11.6 Å². The number of aromatic nitrogens is 3. The van der Waals surface area contributed by atoms with Crippen LogP contribution in [-0.4, -0.2) is 59.8 Å². The van der Waals surface area contributed by atoms with Crippen molar-refractivity contribution in [3.8, 4) is 11.4 Å². The van der Waals surface area contributed by atoms with Crippen molar-refractivity contribution in [2.75, 3.05) is 42.6 Å². The Kier molecular flexibility index (Phi) is 7.31. The molecule has 7 rings (SSSR count). The standard InChI is InChI=1S/C33H37N5O3/c39-31(41-21-25-5-2-1-3-6-25)17-23-9-11-24(12-10-23)19-37-20-26-22-40-16-15-38(26)33-30(37)18-35-32(36-33)28-7-4-8-29-27(28)13-14-34-29/h1-8,13-14,18,23-24,26,34H,9-12,15-17,19-22H2/t23?,24?,26-/m1/s1. The number of rotatable bonds is 7. The Morgan fingerprint density at radius 3 is 2.76 bits per heavy atom. The number of benzene rings is 2. The van der Waals surface area contributed by atoms with Crippen LogP contribution in [0.4, 0.5) is 11.5 Å². The van der Waals surface area contributed by atoms with E-state index < -0.39 is 0 Å². The average molecular weight is 552 g/mol. The Morgan fingerprint density at radius 1 is 1.02 bits per heavy atom. The molecule has 0 bridgehead atoms. The fourth-order valence-corrected chi connectivity index (χ4v) is 6.78. The van der Waals surface area contributed by atoms with Gasteiger partial charge in [-0.3, -0.25) is 4.79 Å². The molecule has 2 aromatic heterocycles. The molecule has 8 nitrogen and oxygen atoms in total. The fraction of sp³-hybridized carbons (Fsp3) is 0.424. The number of anilines is 2. The van der Waals surface area contributed by atoms with Gasteiger partial charge in [-0.05, 0) is 55.2 Å². The molecule has 2 aliphatic heterocycles. The van der Waals surface area contributed by atoms with Gasteiger partial charge in [-0.25, -0.2) is 9.97 Å². The SMILES string of the molecule is O=C(CC1CCC(CN2C[C@@H]3COCCN3c3nc(-c4cccc5[nH]ccc45)ncc32)CC1)OCc1ccccc1. The van der Waals surface area contributed by atoms with Gasteiger partial charge in [0.2, 0.25) is 0 Å². The number of hydrogen-bond donors (Lipinski definition) is 1. The average Bonchev–Trinajstić information content (AvgIpc) is 3.51. The predicted octanol–water partition coefficient (Wildman–Crippen LogP) is 5.59. The van der Waals surface area contributed by atoms with E-state index in [1.54, 1.807) is 0 Å². The maximum atomic E-state index is 12.5. The summed E-state index contributed by atoms with van der Waals surface area (Å²) in [4.78, 5) is 30.8. The first-order valence-electron chi connectivity index (χ1n) is 14.9. The summed E-state index contributed by atoms with van der Waals surface area (Å²) in [5, 5.41) is 1.14. The monoisotopic (exact) mass is 551 g/mol. The molecule has 4 heterocycles. The Labute approximate surface area is 240 Å². The second kappa shape index (κ2) is 11.5. The molecule has 2 aromatic carbocycles. The lowest BCUT2D eigenvalue weighted by molar-refractivity contribution is -0.146. The van der Waals surface area contributed by atoms with Gasteiger partial charge in [0.25, 0.3) is 0 Å². The van der Waals surface area contributed by atoms with Crippen molar-refractivity contribution in [1.29, 1.82) is 0 Å². The second-order valence-corrected chi connectivity index (χ2v) is 11.7. The van der Waals surface area contributed by atoms with Crippen LogP contribution in [0.1, 0.15) is 37.7 Å². The zero-order chi connectivity index (χ0) is 27.6. The molecule has 3 aliphatic rings. The first-order chi connectivity index (χ1) is 20.2. The first kappa shape index (κ1) is 26.0. The minimum Gasteiger partial charge on any atom is -0.461 e. The number of hydrogen-bond acceptors (Lipinski definition) is 7. The van der Waals surface area contributed by atoms with Crippen LogP contribution in [0.25, 0.3) is 22.3 Å². The Hall–Kier alpha value is -3.91. The summed E-state index contributed by atoms with van der Waals surface area (Å²) in [7, 11) is 0. The highest BCUT2D eigenvalue weighted by atomic mass is 16.5. The smallest absolute Gasteiger partial charge is 0.306 e. The van der Waals surface area contributed by atoms with E-state index in [2.05, 4.69) is 39.0 Å². The van der Waals surface area contributed by atoms with Gasteiger partial charge in [-0.2, -0.15) is 0 Å². The quantitative estimate of drug-likeness (QED) is 0.300. The summed E-state index contributed by atoms with van der Waals surface area (Å²) in [6.07, 6.45) is 8.91. The fourth-order valence-electron chi connectivity index (χ4n) is 6.78. The van der Waals surface area contributed by atoms with Gasteiger partial charge in [0.05, 0.1) is 31.1 Å². The largest absolute Gasteiger partial charge is 0.461 e. The van der Waals surface area contributed by atoms with Gasteiger partial charge >= 0.3 is 5.97 Å². The van der Waals surface area contributed by atoms with E-state index in [1.165, 1.54) is 0 Å². The van der Waals surface area contributed by atoms with E-state index in [0.29, 0.717) is 24.9 Å². The van der Waals surface area contributed by atoms with Crippen molar-refractivity contribution >= 4 is 28.4 Å². The van der Waals surface area contributed by atoms with E-state index in [1.807, 2.05) is 42.7 Å². The third-order valence-electron chi connectivity index (χ3n) is 9.00. The number of esters is 1. The van der Waals surface area contributed by atoms with Crippen LogP contribution in [0.2, 0.25) is 0 Å². The maximum Gasteiger partial charge on any atom is 0.306 e. The zero-order valence-corrected chi connectivity index (χ0v) is 23.4. The first-order valence-corrected chi connectivity index (χ1v) is 14.9. The second-order valence-electron chi connectivity index (χ2n) is 11.7. The summed E-state index contributed by atoms with van der Waals surface area (Å²) in [5.74, 6) is 2.71. The number of aromatic amines is 1. The number of nitrogens with zero attached hydrogens (tertiary/aromatic N) is 4. The van der Waals surface area contributed by atoms with Gasteiger partial charge in [0.1, 0.15) is 6.61 Å². The molecule has 8 heteroatoms. The van der Waals surface area contributed by atoms with E-state index >= 15 is 0 Å². The minimum atomic E-state index is -0.0806. The molecule has 1 saturated carbocycles. The van der Waals surface area contributed by atoms with E-state index in [0.717, 1.165) is 97.9 Å². The normalized spacial score (nSPS) is 22.3. The van der Waals surface area contributed by atoms with E-state index in [4.69, 9.17) is 19.4 Å². The molecule has 0 unspecified atom stereocenters. The highest BCUT2D eigenvalue weighted by Crippen LogP contribution is 2.39. The Morgan fingerprint density at radius 2 is 1.88 bits per heavy atom. The summed E-state index contributed by atoms with van der Waals surface area (Å²) >= 11 is 0. The van der Waals surface area contributed by atoms with Crippen molar-refractivity contribution in [3.63, 3.8) is 0 Å². The molecule has 2 fully saturated rings. The molecule has 212 valence electrons. The van der Waals surface area contributed by atoms with Gasteiger partial charge in [0, 0.05) is 48.7 Å². The van der Waals surface area contributed by atoms with Crippen LogP contribution in [0.15, 0.2) is 67.0 Å². The Bertz CT molecular complexity index is 1500. The van der Waals surface area contributed by atoms with Crippen LogP contribution in [-0.2, 0) is 20.9 Å². The topological polar surface area (TPSA) is 83.6 Å². The van der Waals surface area contributed by atoms with Gasteiger partial charge in [-0.15, -0.1) is 0 Å². The summed E-state index contributed by atoms with van der Waals surface area (Å²) < 4.78 is 11.4. The number of ether oxygens (including phenoxy) is 2. The molecule has 1 atom stereocenters. The molecular formula is C33H37N5O3. The van der Waals surface area contributed by atoms with Crippen molar-refractivity contribution in [1.82, 2.24) is 15.0 Å². The number of H-pyrrole nitrogens is 1. The molecule has 1 aliphatic carbocycles. The van der Waals surface area contributed by atoms with E-state index in [-0.39, 0.29) is 12.0 Å². The summed E-state index contributed by atoms with van der Waals surface area (Å²) in [6.45, 7) is 4.56. The van der Waals surface area contributed by atoms with Crippen molar-refractivity contribution < 1.29 is 14.3 Å². The van der Waals surface area contributed by atoms with Crippen molar-refractivity contribution in [3.05, 3.63) is 72.6 Å². The summed E-state index contributed by atoms with van der Waals surface area (Å²) in [5.41, 5.74) is 4.30. The lowest BCUT2D eigenvalue weighted by Gasteiger charge is -2.46. The predicted molar refractivity (Wildman–Crippen MR) is 160 cm³/mol. The molecule has 0 amide bonds. The lowest BCUT2D eigenvalue weighted by Crippen LogP contribution is -2.56. The number of carbonyl (C=O) groups is 1. The maximum absolute atomic E-state index is 12.5. The van der Waals surface area contributed by atoms with E-state index in [9.17, 15) is 4.79 Å². The molecule has 0 spiro atoms. The third-order valence-corrected chi connectivity index (χ3v) is 9.00. The van der Waals surface area contributed by atoms with Crippen LogP contribution >= 0.6 is 0 Å². The highest BCUT2D eigenvalue weighted by molar-refractivity contribution is 5.93. The van der Waals surface area contributed by atoms with Gasteiger partial charge in [-0.1, -0.05) is 42.5 Å². The molecular weight excluding hydrogens is 514 g/mol. The van der Waals surface area contributed by atoms with Crippen LogP contribution < -0.4 is 9.80 Å². The van der Waals surface area contributed by atoms with Crippen molar-refractivity contribution in [2.24, 2.45) is 11.8 Å². The number of morpholine rings is 1. The third kappa shape index (κ3) is 5.53. The van der Waals surface area contributed by atoms with Crippen LogP contribution in [0.3, 0.4) is 0 Å². The van der Waals surface area contributed by atoms with Crippen LogP contribution in [0, 0.1) is 11.8 Å². The molecule has 4 aromatic rings. The number of fused-ring (bicyclic) bond motifs is 4. The number of nitrogens with one attached hydrogen (secondary N) is 1. The highest BCUT2D eigenvalue weighted by Gasteiger charge is 2.36. The minimum absolute atomic E-state index is 0.0806. The van der Waals surface area contributed by atoms with Gasteiger partial charge < -0.3 is 24.3 Å². The summed E-state index contributed by atoms with van der Waals surface area (Å²) in [6, 6.07) is 18.5. The molecule has 1 saturated heterocycles. The molecule has 1 N–H and O–H groups in total.